The summed E-state index contributed by atoms with van der Waals surface area (Å²) in [5.74, 6) is -1.000. The fourth-order valence-corrected chi connectivity index (χ4v) is 2.37. The second-order valence-electron chi connectivity index (χ2n) is 5.59. The van der Waals surface area contributed by atoms with E-state index in [1.165, 1.54) is 0 Å². The lowest BCUT2D eigenvalue weighted by Crippen LogP contribution is -2.55. The largest absolute Gasteiger partial charge is 0.480 e. The van der Waals surface area contributed by atoms with Gasteiger partial charge in [0, 0.05) is 45.9 Å². The highest BCUT2D eigenvalue weighted by molar-refractivity contribution is 5.82. The molecule has 0 bridgehead atoms. The highest BCUT2D eigenvalue weighted by Crippen LogP contribution is 2.07. The Labute approximate surface area is 126 Å². The van der Waals surface area contributed by atoms with Crippen molar-refractivity contribution in [2.75, 3.05) is 39.9 Å². The van der Waals surface area contributed by atoms with E-state index >= 15 is 0 Å². The van der Waals surface area contributed by atoms with Crippen molar-refractivity contribution in [2.24, 2.45) is 0 Å². The van der Waals surface area contributed by atoms with E-state index in [0.717, 1.165) is 13.1 Å². The van der Waals surface area contributed by atoms with Crippen LogP contribution in [0.2, 0.25) is 0 Å². The number of carboxylic acids is 1. The van der Waals surface area contributed by atoms with Gasteiger partial charge in [-0.15, -0.1) is 0 Å². The molecule has 7 nitrogen and oxygen atoms in total. The van der Waals surface area contributed by atoms with Gasteiger partial charge in [0.1, 0.15) is 6.04 Å². The van der Waals surface area contributed by atoms with Crippen LogP contribution >= 0.6 is 0 Å². The molecule has 0 aromatic rings. The second kappa shape index (κ2) is 8.84. The molecule has 0 aromatic heterocycles. The lowest BCUT2D eigenvalue weighted by molar-refractivity contribution is -0.139. The van der Waals surface area contributed by atoms with Gasteiger partial charge in [0.15, 0.2) is 0 Å². The minimum Gasteiger partial charge on any atom is -0.480 e. The van der Waals surface area contributed by atoms with Crippen LogP contribution in [0.4, 0.5) is 4.79 Å². The molecule has 1 fully saturated rings. The van der Waals surface area contributed by atoms with Gasteiger partial charge in [-0.05, 0) is 26.7 Å². The first kappa shape index (κ1) is 17.7. The van der Waals surface area contributed by atoms with Crippen LogP contribution in [-0.4, -0.2) is 78.9 Å². The molecule has 1 heterocycles. The zero-order valence-electron chi connectivity index (χ0n) is 13.2. The molecule has 0 aliphatic carbocycles. The van der Waals surface area contributed by atoms with E-state index < -0.39 is 12.0 Å². The summed E-state index contributed by atoms with van der Waals surface area (Å²) in [6, 6.07) is -0.671. The van der Waals surface area contributed by atoms with Crippen molar-refractivity contribution >= 4 is 12.0 Å². The van der Waals surface area contributed by atoms with E-state index in [2.05, 4.69) is 24.1 Å². The number of carboxylic acid groups (broad SMARTS) is 1. The number of methoxy groups -OCH3 is 1. The molecule has 122 valence electrons. The maximum atomic E-state index is 12.1. The zero-order chi connectivity index (χ0) is 15.8. The number of nitrogens with zero attached hydrogens (tertiary/aromatic N) is 2. The third-order valence-corrected chi connectivity index (χ3v) is 3.77. The summed E-state index contributed by atoms with van der Waals surface area (Å²) in [4.78, 5) is 27.3. The molecule has 0 spiro atoms. The van der Waals surface area contributed by atoms with Crippen molar-refractivity contribution < 1.29 is 19.4 Å². The minimum absolute atomic E-state index is 0.289. The molecule has 2 amide bonds. The van der Waals surface area contributed by atoms with E-state index in [1.54, 1.807) is 12.0 Å². The van der Waals surface area contributed by atoms with E-state index in [9.17, 15) is 9.59 Å². The molecule has 1 unspecified atom stereocenters. The Morgan fingerprint density at radius 2 is 1.86 bits per heavy atom. The lowest BCUT2D eigenvalue weighted by atomic mass is 10.1. The maximum Gasteiger partial charge on any atom is 0.326 e. The van der Waals surface area contributed by atoms with Gasteiger partial charge < -0.3 is 20.1 Å². The van der Waals surface area contributed by atoms with Gasteiger partial charge in [-0.1, -0.05) is 0 Å². The van der Waals surface area contributed by atoms with E-state index in [4.69, 9.17) is 9.84 Å². The summed E-state index contributed by atoms with van der Waals surface area (Å²) in [5.41, 5.74) is 0. The molecule has 1 rings (SSSR count). The molecule has 1 aliphatic rings. The Kier molecular flexibility index (Phi) is 7.45. The molecular formula is C14H27N3O4. The van der Waals surface area contributed by atoms with Crippen LogP contribution in [0.15, 0.2) is 0 Å². The van der Waals surface area contributed by atoms with Crippen LogP contribution in [0, 0.1) is 0 Å². The molecule has 1 saturated heterocycles. The topological polar surface area (TPSA) is 82.1 Å². The molecule has 7 heteroatoms. The van der Waals surface area contributed by atoms with Gasteiger partial charge in [-0.2, -0.15) is 0 Å². The number of amides is 2. The number of urea groups is 1. The summed E-state index contributed by atoms with van der Waals surface area (Å²) >= 11 is 0. The number of rotatable bonds is 7. The van der Waals surface area contributed by atoms with Crippen LogP contribution in [0.1, 0.15) is 26.7 Å². The predicted octanol–water partition coefficient (Wildman–Crippen LogP) is 0.602. The van der Waals surface area contributed by atoms with Crippen molar-refractivity contribution in [3.05, 3.63) is 0 Å². The Morgan fingerprint density at radius 3 is 2.33 bits per heavy atom. The summed E-state index contributed by atoms with van der Waals surface area (Å²) in [5, 5.41) is 11.8. The first-order valence-corrected chi connectivity index (χ1v) is 7.47. The standard InChI is InChI=1S/C14H27N3O4/c1-11(2)16-6-8-17(9-7-16)14(20)15-12(13(18)19)5-4-10-21-3/h11-12H,4-10H2,1-3H3,(H,15,20)(H,18,19). The Hall–Kier alpha value is -1.34. The van der Waals surface area contributed by atoms with Crippen LogP contribution in [0.3, 0.4) is 0 Å². The number of piperazine rings is 1. The van der Waals surface area contributed by atoms with Crippen molar-refractivity contribution in [3.8, 4) is 0 Å². The van der Waals surface area contributed by atoms with Crippen LogP contribution in [0.25, 0.3) is 0 Å². The summed E-state index contributed by atoms with van der Waals surface area (Å²) < 4.78 is 4.91. The lowest BCUT2D eigenvalue weighted by Gasteiger charge is -2.37. The van der Waals surface area contributed by atoms with Crippen molar-refractivity contribution in [3.63, 3.8) is 0 Å². The first-order valence-electron chi connectivity index (χ1n) is 7.47. The molecule has 0 aromatic carbocycles. The summed E-state index contributed by atoms with van der Waals surface area (Å²) in [6.45, 7) is 7.67. The smallest absolute Gasteiger partial charge is 0.326 e. The van der Waals surface area contributed by atoms with Gasteiger partial charge >= 0.3 is 12.0 Å². The third kappa shape index (κ3) is 5.89. The van der Waals surface area contributed by atoms with Gasteiger partial charge in [0.2, 0.25) is 0 Å². The monoisotopic (exact) mass is 301 g/mol. The van der Waals surface area contributed by atoms with Gasteiger partial charge in [0.05, 0.1) is 0 Å². The Morgan fingerprint density at radius 1 is 1.24 bits per heavy atom. The highest BCUT2D eigenvalue weighted by Gasteiger charge is 2.26. The number of ether oxygens (including phenoxy) is 1. The SMILES string of the molecule is COCCCC(NC(=O)N1CCN(C(C)C)CC1)C(=O)O. The van der Waals surface area contributed by atoms with Gasteiger partial charge in [0.25, 0.3) is 0 Å². The third-order valence-electron chi connectivity index (χ3n) is 3.77. The van der Waals surface area contributed by atoms with Gasteiger partial charge in [-0.3, -0.25) is 4.90 Å². The van der Waals surface area contributed by atoms with E-state index in [0.29, 0.717) is 38.6 Å². The number of aliphatic carboxylic acids is 1. The van der Waals surface area contributed by atoms with E-state index in [1.807, 2.05) is 0 Å². The predicted molar refractivity (Wildman–Crippen MR) is 79.3 cm³/mol. The molecule has 21 heavy (non-hydrogen) atoms. The average molecular weight is 301 g/mol. The number of hydrogen-bond acceptors (Lipinski definition) is 4. The normalized spacial score (nSPS) is 17.8. The van der Waals surface area contributed by atoms with E-state index in [-0.39, 0.29) is 6.03 Å². The highest BCUT2D eigenvalue weighted by atomic mass is 16.5. The van der Waals surface area contributed by atoms with Crippen LogP contribution < -0.4 is 5.32 Å². The van der Waals surface area contributed by atoms with Crippen molar-refractivity contribution in [2.45, 2.75) is 38.8 Å². The van der Waals surface area contributed by atoms with Crippen LogP contribution in [-0.2, 0) is 9.53 Å². The molecule has 0 saturated carbocycles. The van der Waals surface area contributed by atoms with Gasteiger partial charge in [-0.25, -0.2) is 9.59 Å². The van der Waals surface area contributed by atoms with Crippen molar-refractivity contribution in [1.29, 1.82) is 0 Å². The molecule has 1 aliphatic heterocycles. The first-order chi connectivity index (χ1) is 9.95. The number of nitrogens with one attached hydrogen (secondary N) is 1. The average Bonchev–Trinajstić information content (AvgIpc) is 2.46. The fourth-order valence-electron chi connectivity index (χ4n) is 2.37. The second-order valence-corrected chi connectivity index (χ2v) is 5.59. The number of hydrogen-bond donors (Lipinski definition) is 2. The number of carbonyl (C=O) groups excluding carboxylic acids is 1. The Balaban J connectivity index is 2.41. The molecule has 2 N–H and O–H groups in total. The zero-order valence-corrected chi connectivity index (χ0v) is 13.2. The molecule has 1 atom stereocenters. The van der Waals surface area contributed by atoms with Crippen molar-refractivity contribution in [1.82, 2.24) is 15.1 Å². The van der Waals surface area contributed by atoms with Crippen LogP contribution in [0.5, 0.6) is 0 Å². The minimum atomic E-state index is -1.000. The molecular weight excluding hydrogens is 274 g/mol. The summed E-state index contributed by atoms with van der Waals surface area (Å²) in [6.07, 6.45) is 0.982. The molecule has 0 radical (unpaired) electrons. The quantitative estimate of drug-likeness (QED) is 0.673. The Bertz CT molecular complexity index is 341. The summed E-state index contributed by atoms with van der Waals surface area (Å²) in [7, 11) is 1.57. The fraction of sp³-hybridized carbons (Fsp3) is 0.857. The number of carbonyl (C=O) groups is 2. The maximum absolute atomic E-state index is 12.1.